The highest BCUT2D eigenvalue weighted by molar-refractivity contribution is 8.00. The monoisotopic (exact) mass is 424 g/mol. The molecule has 0 bridgehead atoms. The minimum atomic E-state index is -0.493. The van der Waals surface area contributed by atoms with Gasteiger partial charge in [0.1, 0.15) is 17.0 Å². The number of carbonyl (C=O) groups excluding carboxylic acids is 2. The van der Waals surface area contributed by atoms with Gasteiger partial charge in [0.25, 0.3) is 5.91 Å². The number of carbonyl (C=O) groups is 2. The summed E-state index contributed by atoms with van der Waals surface area (Å²) >= 11 is 1.39. The van der Waals surface area contributed by atoms with Gasteiger partial charge in [-0.1, -0.05) is 24.3 Å². The van der Waals surface area contributed by atoms with Gasteiger partial charge in [0.05, 0.1) is 11.4 Å². The number of halogens is 2. The molecule has 0 unspecified atom stereocenters. The van der Waals surface area contributed by atoms with Gasteiger partial charge in [0.2, 0.25) is 5.91 Å². The number of thioether (sulfide) groups is 1. The van der Waals surface area contributed by atoms with Crippen LogP contribution in [0.5, 0.6) is 0 Å². The molecule has 1 saturated heterocycles. The molecular weight excluding hydrogens is 406 g/mol. The van der Waals surface area contributed by atoms with Crippen molar-refractivity contribution < 1.29 is 18.4 Å². The molecule has 7 heteroatoms. The first-order chi connectivity index (χ1) is 14.4. The van der Waals surface area contributed by atoms with Crippen LogP contribution in [-0.4, -0.2) is 17.6 Å². The van der Waals surface area contributed by atoms with Crippen molar-refractivity contribution in [1.82, 2.24) is 0 Å². The molecule has 1 heterocycles. The summed E-state index contributed by atoms with van der Waals surface area (Å²) in [5, 5.41) is 2.33. The number of aryl methyl sites for hydroxylation is 1. The van der Waals surface area contributed by atoms with Gasteiger partial charge in [-0.3, -0.25) is 14.5 Å². The van der Waals surface area contributed by atoms with Gasteiger partial charge < -0.3 is 5.32 Å². The predicted octanol–water partition coefficient (Wildman–Crippen LogP) is 5.30. The summed E-state index contributed by atoms with van der Waals surface area (Å²) in [6, 6.07) is 17.1. The van der Waals surface area contributed by atoms with Crippen LogP contribution in [0.4, 0.5) is 20.2 Å². The zero-order chi connectivity index (χ0) is 21.3. The molecule has 0 spiro atoms. The Morgan fingerprint density at radius 1 is 1.07 bits per heavy atom. The first kappa shape index (κ1) is 20.1. The summed E-state index contributed by atoms with van der Waals surface area (Å²) in [4.78, 5) is 26.4. The predicted molar refractivity (Wildman–Crippen MR) is 115 cm³/mol. The van der Waals surface area contributed by atoms with Gasteiger partial charge in [0, 0.05) is 11.3 Å². The van der Waals surface area contributed by atoms with Crippen molar-refractivity contribution in [3.05, 3.63) is 95.1 Å². The summed E-state index contributed by atoms with van der Waals surface area (Å²) in [7, 11) is 0. The van der Waals surface area contributed by atoms with E-state index in [0.717, 1.165) is 17.2 Å². The topological polar surface area (TPSA) is 49.4 Å². The largest absolute Gasteiger partial charge is 0.322 e. The highest BCUT2D eigenvalue weighted by Gasteiger charge is 2.35. The lowest BCUT2D eigenvalue weighted by Crippen LogP contribution is -2.28. The fourth-order valence-electron chi connectivity index (χ4n) is 3.34. The van der Waals surface area contributed by atoms with E-state index in [1.165, 1.54) is 40.9 Å². The number of nitrogens with zero attached hydrogens (tertiary/aromatic N) is 1. The Labute approximate surface area is 176 Å². The zero-order valence-electron chi connectivity index (χ0n) is 16.1. The highest BCUT2D eigenvalue weighted by atomic mass is 32.2. The molecule has 4 nitrogen and oxygen atoms in total. The van der Waals surface area contributed by atoms with E-state index in [0.29, 0.717) is 5.69 Å². The molecular formula is C23H18F2N2O2S. The molecule has 30 heavy (non-hydrogen) atoms. The molecule has 0 saturated carbocycles. The maximum atomic E-state index is 14.5. The molecule has 3 aromatic carbocycles. The molecule has 4 rings (SSSR count). The van der Waals surface area contributed by atoms with Crippen LogP contribution in [0.2, 0.25) is 0 Å². The average Bonchev–Trinajstić information content (AvgIpc) is 3.11. The van der Waals surface area contributed by atoms with Crippen molar-refractivity contribution in [3.63, 3.8) is 0 Å². The van der Waals surface area contributed by atoms with Crippen LogP contribution in [0.1, 0.15) is 26.9 Å². The Kier molecular flexibility index (Phi) is 5.55. The Balaban J connectivity index is 1.62. The van der Waals surface area contributed by atoms with Gasteiger partial charge in [0.15, 0.2) is 0 Å². The van der Waals surface area contributed by atoms with Crippen LogP contribution >= 0.6 is 11.8 Å². The van der Waals surface area contributed by atoms with Gasteiger partial charge in [-0.05, 0) is 60.5 Å². The normalized spacial score (nSPS) is 16.0. The third kappa shape index (κ3) is 4.07. The van der Waals surface area contributed by atoms with Crippen molar-refractivity contribution in [2.24, 2.45) is 0 Å². The van der Waals surface area contributed by atoms with Crippen LogP contribution in [0, 0.1) is 18.6 Å². The zero-order valence-corrected chi connectivity index (χ0v) is 16.9. The smallest absolute Gasteiger partial charge is 0.255 e. The standard InChI is InChI=1S/C23H18F2N2O2S/c1-14-8-9-19(25)20(10-14)27-21(28)13-30-23(27)16-5-3-7-18(12-16)26-22(29)15-4-2-6-17(24)11-15/h2-12,23H,13H2,1H3,(H,26,29)/t23-/m1/s1. The van der Waals surface area contributed by atoms with Crippen LogP contribution in [-0.2, 0) is 4.79 Å². The number of hydrogen-bond donors (Lipinski definition) is 1. The van der Waals surface area contributed by atoms with Gasteiger partial charge in [-0.15, -0.1) is 11.8 Å². The lowest BCUT2D eigenvalue weighted by molar-refractivity contribution is -0.115. The van der Waals surface area contributed by atoms with E-state index in [9.17, 15) is 18.4 Å². The second-order valence-electron chi connectivity index (χ2n) is 6.97. The first-order valence-corrected chi connectivity index (χ1v) is 10.3. The fraction of sp³-hybridized carbons (Fsp3) is 0.130. The molecule has 0 radical (unpaired) electrons. The summed E-state index contributed by atoms with van der Waals surface area (Å²) in [6.07, 6.45) is 0. The third-order valence-corrected chi connectivity index (χ3v) is 5.96. The number of benzene rings is 3. The summed E-state index contributed by atoms with van der Waals surface area (Å²) in [5.74, 6) is -1.34. The minimum Gasteiger partial charge on any atom is -0.322 e. The van der Waals surface area contributed by atoms with E-state index in [-0.39, 0.29) is 22.9 Å². The Bertz CT molecular complexity index is 1140. The van der Waals surface area contributed by atoms with Crippen LogP contribution in [0.25, 0.3) is 0 Å². The van der Waals surface area contributed by atoms with Crippen LogP contribution in [0.15, 0.2) is 66.7 Å². The molecule has 152 valence electrons. The van der Waals surface area contributed by atoms with Gasteiger partial charge >= 0.3 is 0 Å². The second kappa shape index (κ2) is 8.28. The third-order valence-electron chi connectivity index (χ3n) is 4.75. The van der Waals surface area contributed by atoms with E-state index in [1.54, 1.807) is 30.3 Å². The molecule has 3 aromatic rings. The van der Waals surface area contributed by atoms with Crippen LogP contribution < -0.4 is 10.2 Å². The summed E-state index contributed by atoms with van der Waals surface area (Å²) in [6.45, 7) is 1.84. The lowest BCUT2D eigenvalue weighted by Gasteiger charge is -2.25. The Hall–Kier alpha value is -3.19. The van der Waals surface area contributed by atoms with Crippen molar-refractivity contribution >= 4 is 35.0 Å². The van der Waals surface area contributed by atoms with Crippen molar-refractivity contribution in [3.8, 4) is 0 Å². The molecule has 2 amide bonds. The molecule has 1 N–H and O–H groups in total. The number of rotatable bonds is 4. The first-order valence-electron chi connectivity index (χ1n) is 9.29. The molecule has 1 fully saturated rings. The maximum Gasteiger partial charge on any atom is 0.255 e. The van der Waals surface area contributed by atoms with E-state index in [4.69, 9.17) is 0 Å². The molecule has 1 aliphatic rings. The fourth-order valence-corrected chi connectivity index (χ4v) is 4.50. The van der Waals surface area contributed by atoms with Crippen molar-refractivity contribution in [2.45, 2.75) is 12.3 Å². The summed E-state index contributed by atoms with van der Waals surface area (Å²) in [5.41, 5.74) is 2.56. The van der Waals surface area contributed by atoms with Crippen molar-refractivity contribution in [2.75, 3.05) is 16.0 Å². The maximum absolute atomic E-state index is 14.5. The van der Waals surface area contributed by atoms with E-state index in [2.05, 4.69) is 5.32 Å². The van der Waals surface area contributed by atoms with E-state index in [1.807, 2.05) is 13.0 Å². The SMILES string of the molecule is Cc1ccc(F)c(N2C(=O)CS[C@@H]2c2cccc(NC(=O)c3cccc(F)c3)c2)c1. The number of nitrogens with one attached hydrogen (secondary N) is 1. The lowest BCUT2D eigenvalue weighted by atomic mass is 10.1. The number of anilines is 2. The average molecular weight is 424 g/mol. The Morgan fingerprint density at radius 2 is 1.87 bits per heavy atom. The molecule has 0 aliphatic carbocycles. The van der Waals surface area contributed by atoms with E-state index >= 15 is 0 Å². The van der Waals surface area contributed by atoms with E-state index < -0.39 is 22.9 Å². The second-order valence-corrected chi connectivity index (χ2v) is 8.04. The molecule has 1 aliphatic heterocycles. The number of amides is 2. The summed E-state index contributed by atoms with van der Waals surface area (Å²) < 4.78 is 27.9. The minimum absolute atomic E-state index is 0.177. The van der Waals surface area contributed by atoms with Crippen molar-refractivity contribution in [1.29, 1.82) is 0 Å². The van der Waals surface area contributed by atoms with Gasteiger partial charge in [-0.25, -0.2) is 8.78 Å². The highest BCUT2D eigenvalue weighted by Crippen LogP contribution is 2.43. The van der Waals surface area contributed by atoms with Gasteiger partial charge in [-0.2, -0.15) is 0 Å². The molecule has 1 atom stereocenters. The Morgan fingerprint density at radius 3 is 2.67 bits per heavy atom. The van der Waals surface area contributed by atoms with Crippen LogP contribution in [0.3, 0.4) is 0 Å². The quantitative estimate of drug-likeness (QED) is 0.618. The number of hydrogen-bond acceptors (Lipinski definition) is 3. The molecule has 0 aromatic heterocycles.